The van der Waals surface area contributed by atoms with Gasteiger partial charge in [0.05, 0.1) is 16.9 Å². The first-order chi connectivity index (χ1) is 16.5. The SMILES string of the molecule is O=C(NCc1ccc(F)cc1)C1Cc2cc([N+](=O)[O-])ccc2N2CCN(c3ccccn3)CC12. The molecule has 2 aliphatic rings. The molecule has 0 bridgehead atoms. The molecule has 174 valence electrons. The Kier molecular flexibility index (Phi) is 5.83. The normalized spacial score (nSPS) is 19.2. The summed E-state index contributed by atoms with van der Waals surface area (Å²) in [5.41, 5.74) is 2.57. The number of hydrogen-bond donors (Lipinski definition) is 1. The minimum atomic E-state index is -0.408. The number of rotatable bonds is 5. The molecule has 0 spiro atoms. The van der Waals surface area contributed by atoms with Crippen molar-refractivity contribution in [3.8, 4) is 0 Å². The van der Waals surface area contributed by atoms with E-state index in [4.69, 9.17) is 0 Å². The van der Waals surface area contributed by atoms with Gasteiger partial charge in [-0.05, 0) is 47.9 Å². The highest BCUT2D eigenvalue weighted by molar-refractivity contribution is 5.82. The van der Waals surface area contributed by atoms with Crippen molar-refractivity contribution in [2.75, 3.05) is 29.4 Å². The number of aromatic nitrogens is 1. The molecule has 1 fully saturated rings. The Bertz CT molecular complexity index is 1200. The largest absolute Gasteiger partial charge is 0.364 e. The van der Waals surface area contributed by atoms with Crippen molar-refractivity contribution in [1.82, 2.24) is 10.3 Å². The minimum Gasteiger partial charge on any atom is -0.364 e. The molecular weight excluding hydrogens is 437 g/mol. The molecule has 1 amide bonds. The zero-order valence-electron chi connectivity index (χ0n) is 18.4. The second kappa shape index (κ2) is 9.09. The van der Waals surface area contributed by atoms with Crippen LogP contribution in [0.25, 0.3) is 0 Å². The average molecular weight is 461 g/mol. The Hall–Kier alpha value is -4.01. The number of hydrogen-bond acceptors (Lipinski definition) is 6. The topological polar surface area (TPSA) is 91.6 Å². The zero-order valence-corrected chi connectivity index (χ0v) is 18.4. The smallest absolute Gasteiger partial charge is 0.269 e. The number of halogens is 1. The summed E-state index contributed by atoms with van der Waals surface area (Å²) in [5, 5.41) is 14.3. The predicted octanol–water partition coefficient (Wildman–Crippen LogP) is 3.31. The summed E-state index contributed by atoms with van der Waals surface area (Å²) in [6, 6.07) is 16.6. The average Bonchev–Trinajstić information content (AvgIpc) is 2.87. The molecule has 1 aromatic heterocycles. The van der Waals surface area contributed by atoms with Gasteiger partial charge in [0.1, 0.15) is 11.6 Å². The molecule has 5 rings (SSSR count). The summed E-state index contributed by atoms with van der Waals surface area (Å²) >= 11 is 0. The van der Waals surface area contributed by atoms with E-state index < -0.39 is 10.8 Å². The number of carbonyl (C=O) groups excluding carboxylic acids is 1. The highest BCUT2D eigenvalue weighted by Crippen LogP contribution is 2.38. The van der Waals surface area contributed by atoms with Crippen molar-refractivity contribution in [2.24, 2.45) is 5.92 Å². The highest BCUT2D eigenvalue weighted by Gasteiger charge is 2.42. The molecule has 0 radical (unpaired) electrons. The molecule has 2 aliphatic heterocycles. The molecule has 9 heteroatoms. The molecule has 34 heavy (non-hydrogen) atoms. The molecule has 2 aromatic carbocycles. The van der Waals surface area contributed by atoms with Gasteiger partial charge in [-0.15, -0.1) is 0 Å². The van der Waals surface area contributed by atoms with Crippen molar-refractivity contribution in [3.63, 3.8) is 0 Å². The van der Waals surface area contributed by atoms with Gasteiger partial charge in [-0.25, -0.2) is 9.37 Å². The summed E-state index contributed by atoms with van der Waals surface area (Å²) in [7, 11) is 0. The number of nitrogens with zero attached hydrogens (tertiary/aromatic N) is 4. The van der Waals surface area contributed by atoms with Crippen LogP contribution in [0.3, 0.4) is 0 Å². The van der Waals surface area contributed by atoms with E-state index in [2.05, 4.69) is 20.1 Å². The van der Waals surface area contributed by atoms with Crippen molar-refractivity contribution < 1.29 is 14.1 Å². The van der Waals surface area contributed by atoms with Gasteiger partial charge in [-0.2, -0.15) is 0 Å². The Labute approximate surface area is 196 Å². The summed E-state index contributed by atoms with van der Waals surface area (Å²) in [6.07, 6.45) is 2.16. The lowest BCUT2D eigenvalue weighted by Crippen LogP contribution is -2.61. The van der Waals surface area contributed by atoms with E-state index in [0.29, 0.717) is 19.5 Å². The van der Waals surface area contributed by atoms with E-state index in [1.165, 1.54) is 18.2 Å². The van der Waals surface area contributed by atoms with Crippen LogP contribution in [-0.4, -0.2) is 41.5 Å². The van der Waals surface area contributed by atoms with Gasteiger partial charge in [-0.1, -0.05) is 18.2 Å². The van der Waals surface area contributed by atoms with Crippen LogP contribution in [0.2, 0.25) is 0 Å². The predicted molar refractivity (Wildman–Crippen MR) is 126 cm³/mol. The molecular formula is C25H24FN5O3. The lowest BCUT2D eigenvalue weighted by Gasteiger charge is -2.49. The molecule has 1 N–H and O–H groups in total. The van der Waals surface area contributed by atoms with Crippen LogP contribution < -0.4 is 15.1 Å². The van der Waals surface area contributed by atoms with Crippen LogP contribution in [0, 0.1) is 21.8 Å². The summed E-state index contributed by atoms with van der Waals surface area (Å²) < 4.78 is 13.2. The zero-order chi connectivity index (χ0) is 23.7. The molecule has 2 atom stereocenters. The summed E-state index contributed by atoms with van der Waals surface area (Å²) in [4.78, 5) is 33.2. The Balaban J connectivity index is 1.42. The van der Waals surface area contributed by atoms with Crippen LogP contribution >= 0.6 is 0 Å². The third-order valence-electron chi connectivity index (χ3n) is 6.60. The number of nitrogens with one attached hydrogen (secondary N) is 1. The first kappa shape index (κ1) is 21.8. The number of carbonyl (C=O) groups is 1. The summed E-state index contributed by atoms with van der Waals surface area (Å²) in [5.74, 6) is 0.0101. The van der Waals surface area contributed by atoms with Crippen LogP contribution in [0.4, 0.5) is 21.6 Å². The first-order valence-corrected chi connectivity index (χ1v) is 11.2. The first-order valence-electron chi connectivity index (χ1n) is 11.2. The Morgan fingerprint density at radius 1 is 1.15 bits per heavy atom. The maximum atomic E-state index is 13.4. The highest BCUT2D eigenvalue weighted by atomic mass is 19.1. The third-order valence-corrected chi connectivity index (χ3v) is 6.60. The molecule has 0 saturated carbocycles. The van der Waals surface area contributed by atoms with Crippen LogP contribution in [0.15, 0.2) is 66.9 Å². The van der Waals surface area contributed by atoms with Crippen molar-refractivity contribution in [2.45, 2.75) is 19.0 Å². The van der Waals surface area contributed by atoms with Crippen LogP contribution in [-0.2, 0) is 17.8 Å². The maximum absolute atomic E-state index is 13.4. The van der Waals surface area contributed by atoms with Gasteiger partial charge in [-0.3, -0.25) is 14.9 Å². The van der Waals surface area contributed by atoms with Gasteiger partial charge < -0.3 is 15.1 Å². The molecule has 3 aromatic rings. The monoisotopic (exact) mass is 461 g/mol. The van der Waals surface area contributed by atoms with E-state index in [-0.39, 0.29) is 30.0 Å². The fourth-order valence-corrected chi connectivity index (χ4v) is 4.89. The molecule has 3 heterocycles. The van der Waals surface area contributed by atoms with Crippen LogP contribution in [0.5, 0.6) is 0 Å². The van der Waals surface area contributed by atoms with E-state index in [1.54, 1.807) is 30.5 Å². The van der Waals surface area contributed by atoms with Gasteiger partial charge in [0.25, 0.3) is 5.69 Å². The maximum Gasteiger partial charge on any atom is 0.269 e. The van der Waals surface area contributed by atoms with E-state index in [0.717, 1.165) is 29.2 Å². The second-order valence-electron chi connectivity index (χ2n) is 8.62. The lowest BCUT2D eigenvalue weighted by atomic mass is 9.83. The Morgan fingerprint density at radius 3 is 2.71 bits per heavy atom. The van der Waals surface area contributed by atoms with Crippen molar-refractivity contribution in [3.05, 3.63) is 93.9 Å². The standard InChI is InChI=1S/C25H24FN5O3/c26-19-6-4-17(5-7-19)15-28-25(32)21-14-18-13-20(31(33)34)8-9-22(18)30-12-11-29(16-23(21)30)24-3-1-2-10-27-24/h1-10,13,21,23H,11-12,14-16H2,(H,28,32). The molecule has 8 nitrogen and oxygen atoms in total. The number of amides is 1. The number of fused-ring (bicyclic) bond motifs is 3. The van der Waals surface area contributed by atoms with Gasteiger partial charge in [0, 0.05) is 50.2 Å². The Morgan fingerprint density at radius 2 is 1.97 bits per heavy atom. The number of benzene rings is 2. The van der Waals surface area contributed by atoms with Gasteiger partial charge in [0.15, 0.2) is 0 Å². The van der Waals surface area contributed by atoms with Gasteiger partial charge >= 0.3 is 0 Å². The number of non-ortho nitro benzene ring substituents is 1. The van der Waals surface area contributed by atoms with Crippen molar-refractivity contribution >= 4 is 23.1 Å². The lowest BCUT2D eigenvalue weighted by molar-refractivity contribution is -0.384. The number of anilines is 2. The fourth-order valence-electron chi connectivity index (χ4n) is 4.89. The molecule has 0 aliphatic carbocycles. The van der Waals surface area contributed by atoms with E-state index >= 15 is 0 Å². The third kappa shape index (κ3) is 4.28. The molecule has 1 saturated heterocycles. The molecule has 2 unspecified atom stereocenters. The van der Waals surface area contributed by atoms with E-state index in [9.17, 15) is 19.3 Å². The summed E-state index contributed by atoms with van der Waals surface area (Å²) in [6.45, 7) is 2.30. The minimum absolute atomic E-state index is 0.0230. The van der Waals surface area contributed by atoms with Crippen molar-refractivity contribution in [1.29, 1.82) is 0 Å². The van der Waals surface area contributed by atoms with E-state index in [1.807, 2.05) is 18.2 Å². The fraction of sp³-hybridized carbons (Fsp3) is 0.280. The van der Waals surface area contributed by atoms with Crippen LogP contribution in [0.1, 0.15) is 11.1 Å². The number of piperazine rings is 1. The van der Waals surface area contributed by atoms with Gasteiger partial charge in [0.2, 0.25) is 5.91 Å². The quantitative estimate of drug-likeness (QED) is 0.463. The number of nitro groups is 1. The second-order valence-corrected chi connectivity index (χ2v) is 8.62. The number of pyridine rings is 1. The number of nitro benzene ring substituents is 1.